The second-order valence-corrected chi connectivity index (χ2v) is 7.80. The lowest BCUT2D eigenvalue weighted by molar-refractivity contribution is 0.0198. The second kappa shape index (κ2) is 9.73. The Labute approximate surface area is 165 Å². The molecule has 7 nitrogen and oxygen atoms in total. The molecule has 1 heterocycles. The van der Waals surface area contributed by atoms with Gasteiger partial charge in [0.2, 0.25) is 0 Å². The van der Waals surface area contributed by atoms with E-state index in [9.17, 15) is 14.0 Å². The molecule has 1 aromatic rings. The fraction of sp³-hybridized carbons (Fsp3) is 0.600. The zero-order valence-corrected chi connectivity index (χ0v) is 17.0. The molecule has 0 unspecified atom stereocenters. The highest BCUT2D eigenvalue weighted by molar-refractivity contribution is 5.95. The molecule has 1 fully saturated rings. The molecule has 1 aliphatic heterocycles. The molecule has 2 N–H and O–H groups in total. The van der Waals surface area contributed by atoms with E-state index in [2.05, 4.69) is 15.4 Å². The molecule has 2 rings (SSSR count). The minimum atomic E-state index is -0.579. The van der Waals surface area contributed by atoms with Gasteiger partial charge < -0.3 is 25.0 Å². The number of hydrogen-bond donors (Lipinski definition) is 2. The maximum absolute atomic E-state index is 13.4. The van der Waals surface area contributed by atoms with Crippen LogP contribution < -0.4 is 10.6 Å². The molecule has 156 valence electrons. The maximum atomic E-state index is 13.4. The fourth-order valence-corrected chi connectivity index (χ4v) is 3.02. The van der Waals surface area contributed by atoms with E-state index >= 15 is 0 Å². The lowest BCUT2D eigenvalue weighted by Crippen LogP contribution is -2.47. The van der Waals surface area contributed by atoms with Crippen LogP contribution in [0.25, 0.3) is 0 Å². The molecule has 0 spiro atoms. The minimum Gasteiger partial charge on any atom is -0.465 e. The molecule has 0 saturated carbocycles. The molecule has 8 heteroatoms. The van der Waals surface area contributed by atoms with Gasteiger partial charge in [0.15, 0.2) is 0 Å². The average Bonchev–Trinajstić information content (AvgIpc) is 2.64. The van der Waals surface area contributed by atoms with Gasteiger partial charge in [-0.1, -0.05) is 0 Å². The Balaban J connectivity index is 1.73. The molecule has 0 aliphatic carbocycles. The van der Waals surface area contributed by atoms with Gasteiger partial charge >= 0.3 is 12.1 Å². The van der Waals surface area contributed by atoms with Gasteiger partial charge in [-0.05, 0) is 51.8 Å². The Hall–Kier alpha value is -2.35. The lowest BCUT2D eigenvalue weighted by atomic mass is 10.1. The number of hydrogen-bond acceptors (Lipinski definition) is 6. The standard InChI is InChI=1S/C20H30FN3O4/c1-20(2,3)28-19(26)24-11-7-15(8-12-24)22-9-10-23-17-6-5-14(21)13-16(17)18(25)27-4/h5-6,13,15,22-23H,7-12H2,1-4H3. The largest absolute Gasteiger partial charge is 0.465 e. The molecule has 0 aromatic heterocycles. The summed E-state index contributed by atoms with van der Waals surface area (Å²) in [6.45, 7) is 8.14. The Kier molecular flexibility index (Phi) is 7.62. The van der Waals surface area contributed by atoms with Gasteiger partial charge in [-0.15, -0.1) is 0 Å². The Morgan fingerprint density at radius 1 is 1.21 bits per heavy atom. The van der Waals surface area contributed by atoms with Crippen LogP contribution in [0.2, 0.25) is 0 Å². The quantitative estimate of drug-likeness (QED) is 0.569. The van der Waals surface area contributed by atoms with E-state index in [1.54, 1.807) is 4.90 Å². The molecule has 0 radical (unpaired) electrons. The summed E-state index contributed by atoms with van der Waals surface area (Å²) in [7, 11) is 1.27. The number of amides is 1. The van der Waals surface area contributed by atoms with Gasteiger partial charge in [-0.25, -0.2) is 14.0 Å². The Morgan fingerprint density at radius 2 is 1.89 bits per heavy atom. The van der Waals surface area contributed by atoms with Crippen LogP contribution in [0.3, 0.4) is 0 Å². The van der Waals surface area contributed by atoms with Crippen molar-refractivity contribution in [3.8, 4) is 0 Å². The summed E-state index contributed by atoms with van der Waals surface area (Å²) in [5, 5.41) is 6.58. The number of piperidine rings is 1. The zero-order valence-electron chi connectivity index (χ0n) is 17.0. The van der Waals surface area contributed by atoms with Crippen molar-refractivity contribution < 1.29 is 23.5 Å². The molecule has 0 atom stereocenters. The number of carbonyl (C=O) groups excluding carboxylic acids is 2. The highest BCUT2D eigenvalue weighted by Crippen LogP contribution is 2.18. The van der Waals surface area contributed by atoms with Crippen molar-refractivity contribution in [3.63, 3.8) is 0 Å². The summed E-state index contributed by atoms with van der Waals surface area (Å²) in [5.41, 5.74) is 0.226. The number of esters is 1. The molecule has 28 heavy (non-hydrogen) atoms. The predicted octanol–water partition coefficient (Wildman–Crippen LogP) is 3.01. The van der Waals surface area contributed by atoms with E-state index in [-0.39, 0.29) is 11.7 Å². The van der Waals surface area contributed by atoms with Crippen LogP contribution in [0, 0.1) is 5.82 Å². The van der Waals surface area contributed by atoms with Crippen LogP contribution in [-0.4, -0.2) is 61.9 Å². The number of ether oxygens (including phenoxy) is 2. The highest BCUT2D eigenvalue weighted by atomic mass is 19.1. The molecule has 1 aromatic carbocycles. The number of anilines is 1. The van der Waals surface area contributed by atoms with Crippen molar-refractivity contribution in [2.45, 2.75) is 45.3 Å². The first kappa shape index (κ1) is 21.9. The van der Waals surface area contributed by atoms with Crippen molar-refractivity contribution >= 4 is 17.7 Å². The number of methoxy groups -OCH3 is 1. The molecular formula is C20H30FN3O4. The minimum absolute atomic E-state index is 0.174. The number of rotatable bonds is 6. The third-order valence-electron chi connectivity index (χ3n) is 4.41. The first-order valence-corrected chi connectivity index (χ1v) is 9.52. The Bertz CT molecular complexity index is 683. The van der Waals surface area contributed by atoms with Gasteiger partial charge in [0.1, 0.15) is 11.4 Å². The van der Waals surface area contributed by atoms with E-state index < -0.39 is 17.4 Å². The topological polar surface area (TPSA) is 79.9 Å². The molecule has 1 saturated heterocycles. The van der Waals surface area contributed by atoms with Gasteiger partial charge in [-0.2, -0.15) is 0 Å². The first-order valence-electron chi connectivity index (χ1n) is 9.52. The zero-order chi connectivity index (χ0) is 20.7. The van der Waals surface area contributed by atoms with Crippen LogP contribution in [0.15, 0.2) is 18.2 Å². The van der Waals surface area contributed by atoms with Crippen LogP contribution in [0.1, 0.15) is 44.0 Å². The molecule has 1 aliphatic rings. The lowest BCUT2D eigenvalue weighted by Gasteiger charge is -2.33. The molecule has 1 amide bonds. The number of halogens is 1. The van der Waals surface area contributed by atoms with Crippen molar-refractivity contribution in [1.29, 1.82) is 0 Å². The van der Waals surface area contributed by atoms with Crippen molar-refractivity contribution in [3.05, 3.63) is 29.6 Å². The Morgan fingerprint density at radius 3 is 2.50 bits per heavy atom. The number of nitrogens with one attached hydrogen (secondary N) is 2. The number of nitrogens with zero attached hydrogens (tertiary/aromatic N) is 1. The number of benzene rings is 1. The summed E-state index contributed by atoms with van der Waals surface area (Å²) in [6, 6.07) is 4.30. The van der Waals surface area contributed by atoms with Crippen LogP contribution >= 0.6 is 0 Å². The number of likely N-dealkylation sites (tertiary alicyclic amines) is 1. The van der Waals surface area contributed by atoms with Crippen LogP contribution in [0.4, 0.5) is 14.9 Å². The molecule has 0 bridgehead atoms. The van der Waals surface area contributed by atoms with Crippen molar-refractivity contribution in [1.82, 2.24) is 10.2 Å². The van der Waals surface area contributed by atoms with Gasteiger partial charge in [0.25, 0.3) is 0 Å². The van der Waals surface area contributed by atoms with E-state index in [0.717, 1.165) is 18.9 Å². The van der Waals surface area contributed by atoms with Crippen LogP contribution in [-0.2, 0) is 9.47 Å². The summed E-state index contributed by atoms with van der Waals surface area (Å²) < 4.78 is 23.5. The summed E-state index contributed by atoms with van der Waals surface area (Å²) >= 11 is 0. The van der Waals surface area contributed by atoms with Gasteiger partial charge in [0.05, 0.1) is 12.7 Å². The first-order chi connectivity index (χ1) is 13.2. The monoisotopic (exact) mass is 395 g/mol. The number of carbonyl (C=O) groups is 2. The van der Waals surface area contributed by atoms with E-state index in [1.165, 1.54) is 19.2 Å². The van der Waals surface area contributed by atoms with Gasteiger partial charge in [0, 0.05) is 37.9 Å². The molecular weight excluding hydrogens is 365 g/mol. The summed E-state index contributed by atoms with van der Waals surface area (Å²) in [4.78, 5) is 25.6. The normalized spacial score (nSPS) is 15.2. The van der Waals surface area contributed by atoms with Crippen molar-refractivity contribution in [2.75, 3.05) is 38.6 Å². The highest BCUT2D eigenvalue weighted by Gasteiger charge is 2.26. The fourth-order valence-electron chi connectivity index (χ4n) is 3.02. The van der Waals surface area contributed by atoms with Crippen LogP contribution in [0.5, 0.6) is 0 Å². The second-order valence-electron chi connectivity index (χ2n) is 7.80. The summed E-state index contributed by atoms with van der Waals surface area (Å²) in [6.07, 6.45) is 1.44. The maximum Gasteiger partial charge on any atom is 0.410 e. The van der Waals surface area contributed by atoms with E-state index in [0.29, 0.717) is 37.9 Å². The third-order valence-corrected chi connectivity index (χ3v) is 4.41. The van der Waals surface area contributed by atoms with Gasteiger partial charge in [-0.3, -0.25) is 0 Å². The van der Waals surface area contributed by atoms with E-state index in [4.69, 9.17) is 4.74 Å². The average molecular weight is 395 g/mol. The smallest absolute Gasteiger partial charge is 0.410 e. The van der Waals surface area contributed by atoms with Crippen molar-refractivity contribution in [2.24, 2.45) is 0 Å². The SMILES string of the molecule is COC(=O)c1cc(F)ccc1NCCNC1CCN(C(=O)OC(C)(C)C)CC1. The predicted molar refractivity (Wildman–Crippen MR) is 105 cm³/mol. The van der Waals surface area contributed by atoms with E-state index in [1.807, 2.05) is 20.8 Å². The third kappa shape index (κ3) is 6.67. The summed E-state index contributed by atoms with van der Waals surface area (Å²) in [5.74, 6) is -1.06.